The number of halogens is 1. The largest absolute Gasteiger partial charge is 0.489 e. The van der Waals surface area contributed by atoms with Crippen molar-refractivity contribution in [3.8, 4) is 16.9 Å². The number of ether oxygens (including phenoxy) is 3. The van der Waals surface area contributed by atoms with E-state index in [9.17, 15) is 9.18 Å². The van der Waals surface area contributed by atoms with E-state index < -0.39 is 12.1 Å². The van der Waals surface area contributed by atoms with Crippen molar-refractivity contribution >= 4 is 22.6 Å². The van der Waals surface area contributed by atoms with Gasteiger partial charge in [-0.3, -0.25) is 14.7 Å². The minimum absolute atomic E-state index is 0.307. The molecule has 4 rings (SSSR count). The van der Waals surface area contributed by atoms with Crippen LogP contribution in [-0.2, 0) is 20.9 Å². The fourth-order valence-corrected chi connectivity index (χ4v) is 4.31. The number of rotatable bonds is 11. The van der Waals surface area contributed by atoms with Gasteiger partial charge in [0.2, 0.25) is 0 Å². The fraction of sp³-hybridized carbons (Fsp3) is 0.481. The summed E-state index contributed by atoms with van der Waals surface area (Å²) in [5.41, 5.74) is 8.46. The van der Waals surface area contributed by atoms with Gasteiger partial charge >= 0.3 is 5.97 Å². The number of hydrogen-bond donors (Lipinski definition) is 1. The zero-order valence-electron chi connectivity index (χ0n) is 21.4. The summed E-state index contributed by atoms with van der Waals surface area (Å²) >= 11 is 0. The number of carbonyl (C=O) groups excluding carboxylic acids is 1. The van der Waals surface area contributed by atoms with Crippen molar-refractivity contribution in [2.75, 3.05) is 39.1 Å². The Labute approximate surface area is 216 Å². The Morgan fingerprint density at radius 1 is 1.19 bits per heavy atom. The number of anilines is 1. The number of likely N-dealkylation sites (N-methyl/N-ethyl adjacent to an activating group) is 1. The molecule has 1 aliphatic heterocycles. The maximum atomic E-state index is 14.8. The lowest BCUT2D eigenvalue weighted by Crippen LogP contribution is -2.43. The predicted molar refractivity (Wildman–Crippen MR) is 139 cm³/mol. The zero-order valence-corrected chi connectivity index (χ0v) is 21.4. The number of likely N-dealkylation sites (tertiary alicyclic amines) is 1. The first-order valence-electron chi connectivity index (χ1n) is 12.7. The van der Waals surface area contributed by atoms with Crippen LogP contribution >= 0.6 is 0 Å². The smallest absolute Gasteiger partial charge is 0.323 e. The lowest BCUT2D eigenvalue weighted by atomic mass is 10.0. The van der Waals surface area contributed by atoms with Crippen LogP contribution < -0.4 is 10.5 Å². The molecule has 3 heterocycles. The highest BCUT2D eigenvalue weighted by molar-refractivity contribution is 5.94. The molecule has 1 aromatic carbocycles. The van der Waals surface area contributed by atoms with Crippen LogP contribution in [0, 0.1) is 0 Å². The molecule has 2 unspecified atom stereocenters. The SMILES string of the molecule is CCCOCc1ncc(-c2ccc3ncc(N)cc3c2OCC(F)COC(=O)C2CCCCN2C)cn1. The van der Waals surface area contributed by atoms with Crippen molar-refractivity contribution < 1.29 is 23.4 Å². The first-order chi connectivity index (χ1) is 18.0. The second-order valence-corrected chi connectivity index (χ2v) is 9.25. The molecule has 9 nitrogen and oxygen atoms in total. The van der Waals surface area contributed by atoms with E-state index in [1.54, 1.807) is 24.7 Å². The Bertz CT molecular complexity index is 1190. The van der Waals surface area contributed by atoms with E-state index in [1.165, 1.54) is 0 Å². The molecule has 0 bridgehead atoms. The van der Waals surface area contributed by atoms with Gasteiger partial charge in [-0.25, -0.2) is 14.4 Å². The van der Waals surface area contributed by atoms with Crippen molar-refractivity contribution in [3.05, 3.63) is 42.6 Å². The standard InChI is InChI=1S/C27H34FN5O4/c1-3-10-35-17-25-31-12-18(13-32-25)21-7-8-23-22(11-20(29)14-30-23)26(21)36-15-19(28)16-37-27(34)24-6-4-5-9-33(24)2/h7-8,11-14,19,24H,3-6,9-10,15-17,29H2,1-2H3. The third kappa shape index (κ3) is 6.90. The van der Waals surface area contributed by atoms with E-state index >= 15 is 0 Å². The minimum Gasteiger partial charge on any atom is -0.489 e. The first kappa shape index (κ1) is 26.7. The molecule has 10 heteroatoms. The molecule has 2 aromatic heterocycles. The average Bonchev–Trinajstić information content (AvgIpc) is 2.91. The Morgan fingerprint density at radius 2 is 2.00 bits per heavy atom. The maximum Gasteiger partial charge on any atom is 0.323 e. The van der Waals surface area contributed by atoms with Gasteiger partial charge < -0.3 is 19.9 Å². The van der Waals surface area contributed by atoms with Gasteiger partial charge in [-0.2, -0.15) is 0 Å². The number of benzene rings is 1. The molecule has 0 saturated carbocycles. The van der Waals surface area contributed by atoms with E-state index in [4.69, 9.17) is 19.9 Å². The number of nitrogens with zero attached hydrogens (tertiary/aromatic N) is 4. The van der Waals surface area contributed by atoms with Crippen LogP contribution in [0.4, 0.5) is 10.1 Å². The van der Waals surface area contributed by atoms with Crippen LogP contribution in [0.1, 0.15) is 38.4 Å². The van der Waals surface area contributed by atoms with Crippen LogP contribution in [0.2, 0.25) is 0 Å². The second-order valence-electron chi connectivity index (χ2n) is 9.25. The monoisotopic (exact) mass is 511 g/mol. The molecular formula is C27H34FN5O4. The van der Waals surface area contributed by atoms with Gasteiger partial charge in [-0.15, -0.1) is 0 Å². The summed E-state index contributed by atoms with van der Waals surface area (Å²) in [5, 5.41) is 0.640. The van der Waals surface area contributed by atoms with Crippen molar-refractivity contribution in [1.82, 2.24) is 19.9 Å². The summed E-state index contributed by atoms with van der Waals surface area (Å²) in [6, 6.07) is 5.08. The summed E-state index contributed by atoms with van der Waals surface area (Å²) < 4.78 is 31.6. The molecule has 3 aromatic rings. The molecule has 1 saturated heterocycles. The van der Waals surface area contributed by atoms with Crippen molar-refractivity contribution in [2.24, 2.45) is 0 Å². The number of pyridine rings is 1. The third-order valence-electron chi connectivity index (χ3n) is 6.29. The van der Waals surface area contributed by atoms with Gasteiger partial charge in [0.05, 0.1) is 17.4 Å². The summed E-state index contributed by atoms with van der Waals surface area (Å²) in [7, 11) is 1.89. The van der Waals surface area contributed by atoms with Crippen molar-refractivity contribution in [2.45, 2.75) is 51.4 Å². The maximum absolute atomic E-state index is 14.8. The lowest BCUT2D eigenvalue weighted by molar-refractivity contribution is -0.152. The molecule has 2 N–H and O–H groups in total. The molecule has 2 atom stereocenters. The van der Waals surface area contributed by atoms with Crippen LogP contribution in [0.15, 0.2) is 36.8 Å². The normalized spacial score (nSPS) is 17.0. The highest BCUT2D eigenvalue weighted by Crippen LogP contribution is 2.37. The summed E-state index contributed by atoms with van der Waals surface area (Å²) in [6.07, 6.45) is 7.06. The first-order valence-corrected chi connectivity index (χ1v) is 12.7. The van der Waals surface area contributed by atoms with Gasteiger partial charge in [0.25, 0.3) is 0 Å². The van der Waals surface area contributed by atoms with Crippen LogP contribution in [0.5, 0.6) is 5.75 Å². The number of esters is 1. The average molecular weight is 512 g/mol. The van der Waals surface area contributed by atoms with Gasteiger partial charge in [-0.05, 0) is 51.1 Å². The van der Waals surface area contributed by atoms with E-state index in [-0.39, 0.29) is 19.3 Å². The summed E-state index contributed by atoms with van der Waals surface area (Å²) in [5.74, 6) is 0.588. The molecule has 198 valence electrons. The molecule has 0 aliphatic carbocycles. The Kier molecular flexibility index (Phi) is 9.19. The molecule has 1 fully saturated rings. The van der Waals surface area contributed by atoms with Crippen molar-refractivity contribution in [1.29, 1.82) is 0 Å². The minimum atomic E-state index is -1.51. The van der Waals surface area contributed by atoms with Gasteiger partial charge in [0, 0.05) is 35.5 Å². The van der Waals surface area contributed by atoms with Crippen molar-refractivity contribution in [3.63, 3.8) is 0 Å². The number of fused-ring (bicyclic) bond motifs is 1. The van der Waals surface area contributed by atoms with Crippen LogP contribution in [0.3, 0.4) is 0 Å². The number of piperidine rings is 1. The number of carbonyl (C=O) groups is 1. The van der Waals surface area contributed by atoms with E-state index in [2.05, 4.69) is 15.0 Å². The summed E-state index contributed by atoms with van der Waals surface area (Å²) in [6.45, 7) is 3.15. The number of nitrogens with two attached hydrogens (primary N) is 1. The molecular weight excluding hydrogens is 477 g/mol. The Morgan fingerprint density at radius 3 is 2.76 bits per heavy atom. The number of nitrogen functional groups attached to an aromatic ring is 1. The zero-order chi connectivity index (χ0) is 26.2. The topological polar surface area (TPSA) is 113 Å². The van der Waals surface area contributed by atoms with E-state index in [0.29, 0.717) is 52.5 Å². The third-order valence-corrected chi connectivity index (χ3v) is 6.29. The van der Waals surface area contributed by atoms with Gasteiger partial charge in [-0.1, -0.05) is 13.3 Å². The molecule has 0 spiro atoms. The Hall–Kier alpha value is -3.37. The fourth-order valence-electron chi connectivity index (χ4n) is 4.31. The van der Waals surface area contributed by atoms with Gasteiger partial charge in [0.1, 0.15) is 31.6 Å². The quantitative estimate of drug-likeness (QED) is 0.302. The van der Waals surface area contributed by atoms with Crippen LogP contribution in [0.25, 0.3) is 22.0 Å². The molecule has 0 amide bonds. The lowest BCUT2D eigenvalue weighted by Gasteiger charge is -2.30. The number of alkyl halides is 1. The van der Waals surface area contributed by atoms with Crippen LogP contribution in [-0.4, -0.2) is 71.4 Å². The number of hydrogen-bond acceptors (Lipinski definition) is 9. The summed E-state index contributed by atoms with van der Waals surface area (Å²) in [4.78, 5) is 27.5. The number of aromatic nitrogens is 3. The predicted octanol–water partition coefficient (Wildman–Crippen LogP) is 3.95. The molecule has 1 aliphatic rings. The molecule has 37 heavy (non-hydrogen) atoms. The molecule has 0 radical (unpaired) electrons. The van der Waals surface area contributed by atoms with E-state index in [1.807, 2.05) is 31.0 Å². The Balaban J connectivity index is 1.48. The van der Waals surface area contributed by atoms with Gasteiger partial charge in [0.15, 0.2) is 12.0 Å². The highest BCUT2D eigenvalue weighted by Gasteiger charge is 2.28. The highest BCUT2D eigenvalue weighted by atomic mass is 19.1. The second kappa shape index (κ2) is 12.7. The van der Waals surface area contributed by atoms with E-state index in [0.717, 1.165) is 32.2 Å².